The van der Waals surface area contributed by atoms with Gasteiger partial charge in [-0.15, -0.1) is 6.58 Å². The zero-order valence-corrected chi connectivity index (χ0v) is 45.0. The Kier molecular flexibility index (Phi) is 24.8. The normalized spacial score (nSPS) is 20.6. The van der Waals surface area contributed by atoms with Crippen molar-refractivity contribution < 1.29 is 63.3 Å². The van der Waals surface area contributed by atoms with Crippen LogP contribution in [0.2, 0.25) is 0 Å². The number of allylic oxidation sites excluding steroid dienone is 1. The molecule has 2 amide bonds. The Labute approximate surface area is 457 Å². The highest BCUT2D eigenvalue weighted by molar-refractivity contribution is 6.03. The summed E-state index contributed by atoms with van der Waals surface area (Å²) < 4.78 is 32.1. The van der Waals surface area contributed by atoms with Gasteiger partial charge in [-0.1, -0.05) is 94.9 Å². The van der Waals surface area contributed by atoms with Gasteiger partial charge in [-0.25, -0.2) is 9.59 Å². The quantitative estimate of drug-likeness (QED) is 0.0185. The highest BCUT2D eigenvalue weighted by Gasteiger charge is 2.66. The number of nitrogens with one attached hydrogen (secondary N) is 1. The molecular weight excluding hydrogens is 1010 g/mol. The van der Waals surface area contributed by atoms with Crippen molar-refractivity contribution in [2.75, 3.05) is 52.7 Å². The molecule has 0 spiro atoms. The van der Waals surface area contributed by atoms with E-state index >= 15 is 0 Å². The van der Waals surface area contributed by atoms with E-state index in [0.717, 1.165) is 19.3 Å². The first kappa shape index (κ1) is 60.8. The number of ether oxygens (including phenoxy) is 5. The fourth-order valence-electron chi connectivity index (χ4n) is 11.1. The highest BCUT2D eigenvalue weighted by atomic mass is 16.7. The van der Waals surface area contributed by atoms with Crippen LogP contribution >= 0.6 is 0 Å². The van der Waals surface area contributed by atoms with E-state index in [2.05, 4.69) is 24.9 Å². The van der Waals surface area contributed by atoms with E-state index in [0.29, 0.717) is 73.2 Å². The molecule has 6 rings (SSSR count). The number of aliphatic hydroxyl groups is 3. The van der Waals surface area contributed by atoms with Crippen molar-refractivity contribution in [2.24, 2.45) is 22.9 Å². The molecule has 0 saturated heterocycles. The van der Waals surface area contributed by atoms with Crippen LogP contribution in [0.1, 0.15) is 133 Å². The van der Waals surface area contributed by atoms with Crippen molar-refractivity contribution in [2.45, 2.75) is 140 Å². The molecule has 1 saturated carbocycles. The van der Waals surface area contributed by atoms with Crippen molar-refractivity contribution in [3.63, 3.8) is 0 Å². The Morgan fingerprint density at radius 3 is 2.09 bits per heavy atom. The number of carbonyl (C=O) groups excluding carboxylic acids is 2. The van der Waals surface area contributed by atoms with Gasteiger partial charge in [0.05, 0.1) is 47.9 Å². The molecule has 1 fully saturated rings. The maximum Gasteiger partial charge on any atom is 0.415 e. The lowest BCUT2D eigenvalue weighted by Crippen LogP contribution is -2.70. The van der Waals surface area contributed by atoms with Gasteiger partial charge in [0.25, 0.3) is 11.4 Å². The van der Waals surface area contributed by atoms with Gasteiger partial charge in [0.2, 0.25) is 5.79 Å². The fourth-order valence-corrected chi connectivity index (χ4v) is 11.1. The van der Waals surface area contributed by atoms with Gasteiger partial charge in [0.15, 0.2) is 0 Å². The average Bonchev–Trinajstić information content (AvgIpc) is 3.55. The summed E-state index contributed by atoms with van der Waals surface area (Å²) >= 11 is 0. The molecule has 3 aromatic carbocycles. The average molecular weight is 1090 g/mol. The third-order valence-corrected chi connectivity index (χ3v) is 14.8. The molecule has 0 radical (unpaired) electrons. The van der Waals surface area contributed by atoms with Crippen LogP contribution in [0.4, 0.5) is 21.0 Å². The predicted octanol–water partition coefficient (Wildman–Crippen LogP) is 10.9. The van der Waals surface area contributed by atoms with Crippen molar-refractivity contribution in [1.29, 1.82) is 0 Å². The van der Waals surface area contributed by atoms with E-state index in [1.165, 1.54) is 86.2 Å². The number of hydrogen-bond donors (Lipinski definition) is 4. The smallest absolute Gasteiger partial charge is 0.415 e. The molecule has 2 aliphatic carbocycles. The molecule has 20 heteroatoms. The number of amides is 2. The summed E-state index contributed by atoms with van der Waals surface area (Å²) in [5, 5.41) is 60.5. The molecule has 1 heterocycles. The number of benzene rings is 3. The first-order valence-corrected chi connectivity index (χ1v) is 27.8. The number of non-ortho nitro benzene ring substituents is 2. The number of hydrogen-bond acceptors (Lipinski definition) is 16. The molecule has 6 unspecified atom stereocenters. The Morgan fingerprint density at radius 1 is 0.808 bits per heavy atom. The maximum absolute atomic E-state index is 14.9. The number of nitro benzene ring substituents is 2. The molecule has 3 aromatic rings. The van der Waals surface area contributed by atoms with Gasteiger partial charge in [-0.3, -0.25) is 25.1 Å². The summed E-state index contributed by atoms with van der Waals surface area (Å²) in [6.07, 6.45) is 17.6. The first-order valence-electron chi connectivity index (χ1n) is 27.8. The van der Waals surface area contributed by atoms with Gasteiger partial charge in [-0.05, 0) is 97.5 Å². The lowest BCUT2D eigenvalue weighted by Gasteiger charge is -2.59. The van der Waals surface area contributed by atoms with Gasteiger partial charge in [-0.2, -0.15) is 0 Å². The van der Waals surface area contributed by atoms with Crippen molar-refractivity contribution in [3.05, 3.63) is 122 Å². The predicted molar refractivity (Wildman–Crippen MR) is 292 cm³/mol. The second-order valence-electron chi connectivity index (χ2n) is 20.1. The summed E-state index contributed by atoms with van der Waals surface area (Å²) in [6.45, 7) is 6.01. The third kappa shape index (κ3) is 16.8. The van der Waals surface area contributed by atoms with Crippen molar-refractivity contribution >= 4 is 29.3 Å². The largest absolute Gasteiger partial charge is 0.459 e. The zero-order chi connectivity index (χ0) is 55.7. The molecular formula is C58H79N5O15. The Morgan fingerprint density at radius 2 is 1.45 bits per heavy atom. The number of aliphatic hydroxyl groups excluding tert-OH is 3. The maximum atomic E-state index is 14.9. The summed E-state index contributed by atoms with van der Waals surface area (Å²) in [7, 11) is 0. The summed E-state index contributed by atoms with van der Waals surface area (Å²) in [5.41, 5.74) is 2.17. The second kappa shape index (κ2) is 31.8. The number of nitrogens with zero attached hydrogens (tertiary/aromatic N) is 4. The molecule has 0 bridgehead atoms. The lowest BCUT2D eigenvalue weighted by molar-refractivity contribution is -0.385. The van der Waals surface area contributed by atoms with E-state index in [9.17, 15) is 45.1 Å². The minimum absolute atomic E-state index is 0.000355. The van der Waals surface area contributed by atoms with Crippen LogP contribution in [0.15, 0.2) is 96.2 Å². The van der Waals surface area contributed by atoms with E-state index in [1.807, 2.05) is 6.07 Å². The number of oxime groups is 1. The van der Waals surface area contributed by atoms with Crippen LogP contribution in [-0.4, -0.2) is 113 Å². The number of nitro groups is 2. The van der Waals surface area contributed by atoms with E-state index in [4.69, 9.17) is 33.7 Å². The molecule has 78 heavy (non-hydrogen) atoms. The van der Waals surface area contributed by atoms with Crippen molar-refractivity contribution in [1.82, 2.24) is 10.2 Å². The Bertz CT molecular complexity index is 2450. The summed E-state index contributed by atoms with van der Waals surface area (Å²) in [4.78, 5) is 57.9. The van der Waals surface area contributed by atoms with Crippen LogP contribution in [0.3, 0.4) is 0 Å². The SMILES string of the molecule is C=CCOC12Oc3ccc(OC(=O)NCCCCCCCCCCCC)cc3C3C(CCCCO)C(CCCCO)C=C(C(=NOCc4ccc([N+](=O)[O-])cc4)CC1N(CCOCCO)C(=O)Oc1ccc([N+](=O)[O-])cc1)C32. The molecule has 3 aliphatic rings. The Balaban J connectivity index is 1.44. The fraction of sp³-hybridized carbons (Fsp3) is 0.569. The molecule has 1 aliphatic heterocycles. The molecule has 20 nitrogen and oxygen atoms in total. The van der Waals surface area contributed by atoms with Crippen LogP contribution in [0, 0.1) is 38.0 Å². The van der Waals surface area contributed by atoms with E-state index in [1.54, 1.807) is 30.3 Å². The highest BCUT2D eigenvalue weighted by Crippen LogP contribution is 2.62. The molecule has 4 N–H and O–H groups in total. The molecule has 0 aromatic heterocycles. The lowest BCUT2D eigenvalue weighted by atomic mass is 9.55. The summed E-state index contributed by atoms with van der Waals surface area (Å²) in [6, 6.07) is 15.1. The number of rotatable bonds is 35. The van der Waals surface area contributed by atoms with Crippen LogP contribution in [0.25, 0.3) is 0 Å². The van der Waals surface area contributed by atoms with E-state index < -0.39 is 45.7 Å². The standard InChI is InChI=1S/C58H79N5O15/c1-3-5-6-7-8-9-10-11-12-15-30-59-56(67)76-47-28-29-52-50(39-47)54-48(19-14-17-33-65)43(18-13-16-32-64)38-49-51(60-75-41-42-20-22-44(23-21-42)62(69)70)40-53(58(78-52,55(49)54)74-35-4-2)61(31-36-73-37-34-66)57(68)77-46-26-24-45(25-27-46)63(71)72/h4,20-29,38-39,43,48,53-55,64-66H,2-3,5-19,30-37,40-41H2,1H3,(H,59,67). The summed E-state index contributed by atoms with van der Waals surface area (Å²) in [5.74, 6) is -2.60. The molecule has 426 valence electrons. The van der Waals surface area contributed by atoms with Gasteiger partial charge < -0.3 is 49.2 Å². The number of fused-ring (bicyclic) bond motifs is 2. The van der Waals surface area contributed by atoms with Crippen LogP contribution < -0.4 is 19.5 Å². The van der Waals surface area contributed by atoms with E-state index in [-0.39, 0.29) is 93.9 Å². The minimum Gasteiger partial charge on any atom is -0.459 e. The topological polar surface area (TPSA) is 264 Å². The minimum atomic E-state index is -1.74. The first-order chi connectivity index (χ1) is 38.0. The number of unbranched alkanes of at least 4 members (excludes halogenated alkanes) is 11. The second-order valence-corrected chi connectivity index (χ2v) is 20.1. The van der Waals surface area contributed by atoms with Crippen LogP contribution in [-0.2, 0) is 20.9 Å². The monoisotopic (exact) mass is 1090 g/mol. The number of carbonyl (C=O) groups is 2. The van der Waals surface area contributed by atoms with Gasteiger partial charge >= 0.3 is 12.2 Å². The Hall–Kier alpha value is -6.45. The van der Waals surface area contributed by atoms with Gasteiger partial charge in [0, 0.05) is 68.5 Å². The third-order valence-electron chi connectivity index (χ3n) is 14.8. The van der Waals surface area contributed by atoms with Crippen LogP contribution in [0.5, 0.6) is 17.2 Å². The zero-order valence-electron chi connectivity index (χ0n) is 45.0. The molecule has 6 atom stereocenters. The van der Waals surface area contributed by atoms with Crippen molar-refractivity contribution in [3.8, 4) is 17.2 Å². The van der Waals surface area contributed by atoms with Gasteiger partial charge in [0.1, 0.15) is 29.9 Å².